The minimum Gasteiger partial charge on any atom is -0.457 e. The largest absolute Gasteiger partial charge is 0.457 e. The van der Waals surface area contributed by atoms with Crippen molar-refractivity contribution in [1.82, 2.24) is 4.90 Å². The predicted octanol–water partition coefficient (Wildman–Crippen LogP) is 4.56. The molecule has 0 amide bonds. The van der Waals surface area contributed by atoms with Gasteiger partial charge in [-0.25, -0.2) is 4.79 Å². The molecule has 1 aromatic heterocycles. The topological polar surface area (TPSA) is 127 Å². The molecule has 10 nitrogen and oxygen atoms in total. The number of fused-ring (bicyclic) bond motifs is 5. The summed E-state index contributed by atoms with van der Waals surface area (Å²) in [6, 6.07) is 10.9. The van der Waals surface area contributed by atoms with E-state index < -0.39 is 46.9 Å². The highest BCUT2D eigenvalue weighted by molar-refractivity contribution is 6.01. The molecule has 0 bridgehead atoms. The first-order chi connectivity index (χ1) is 23.4. The minimum absolute atomic E-state index is 0.00228. The quantitative estimate of drug-likeness (QED) is 0.400. The third-order valence-electron chi connectivity index (χ3n) is 12.6. The summed E-state index contributed by atoms with van der Waals surface area (Å²) >= 11 is 0. The maximum Gasteiger partial charge on any atom is 0.375 e. The number of rotatable bonds is 8. The van der Waals surface area contributed by atoms with Crippen LogP contribution in [0.4, 0.5) is 5.69 Å². The molecule has 0 radical (unpaired) electrons. The summed E-state index contributed by atoms with van der Waals surface area (Å²) in [5, 5.41) is 11.9. The second-order valence-corrected chi connectivity index (χ2v) is 15.2. The standard InChI is InChI=1S/C39H46N2O8/c1-37-14-12-28(42)22-26(37)8-11-29-30-13-15-39(38(30,2)23-31(43)35(29)37,49-36(46)32-5-4-20-47-32)33(44)24-48-34(45)21-25-6-9-27(10-7-25)41-18-16-40(3)17-19-41/h4-7,9-10,12,14,20,22,29-31,35,43H,8,11,13,15-19,21,23-24H2,1-3H3/t29?,30?,31-,35?,37?,38?,39-/m0/s1. The first-order valence-electron chi connectivity index (χ1n) is 17.5. The van der Waals surface area contributed by atoms with Gasteiger partial charge < -0.3 is 28.8 Å². The van der Waals surface area contributed by atoms with Crippen molar-refractivity contribution in [2.75, 3.05) is 44.7 Å². The lowest BCUT2D eigenvalue weighted by molar-refractivity contribution is -0.182. The van der Waals surface area contributed by atoms with Crippen LogP contribution in [-0.2, 0) is 30.3 Å². The molecule has 0 spiro atoms. The van der Waals surface area contributed by atoms with Crippen molar-refractivity contribution in [3.8, 4) is 0 Å². The van der Waals surface area contributed by atoms with Gasteiger partial charge in [-0.2, -0.15) is 0 Å². The Morgan fingerprint density at radius 1 is 1.04 bits per heavy atom. The van der Waals surface area contributed by atoms with Crippen LogP contribution in [0.2, 0.25) is 0 Å². The summed E-state index contributed by atoms with van der Waals surface area (Å²) < 4.78 is 17.2. The van der Waals surface area contributed by atoms with Crippen molar-refractivity contribution in [3.05, 3.63) is 77.8 Å². The summed E-state index contributed by atoms with van der Waals surface area (Å²) in [4.78, 5) is 57.8. The van der Waals surface area contributed by atoms with E-state index in [1.54, 1.807) is 18.2 Å². The second kappa shape index (κ2) is 12.7. The van der Waals surface area contributed by atoms with E-state index in [9.17, 15) is 24.3 Å². The zero-order valence-corrected chi connectivity index (χ0v) is 28.6. The van der Waals surface area contributed by atoms with Crippen LogP contribution in [0.15, 0.2) is 70.9 Å². The van der Waals surface area contributed by atoms with E-state index in [-0.39, 0.29) is 48.6 Å². The highest BCUT2D eigenvalue weighted by Gasteiger charge is 2.70. The minimum atomic E-state index is -1.63. The van der Waals surface area contributed by atoms with Crippen LogP contribution >= 0.6 is 0 Å². The number of benzene rings is 1. The molecule has 3 saturated carbocycles. The Bertz CT molecular complexity index is 1670. The molecule has 7 atom stereocenters. The number of furan rings is 1. The number of hydrogen-bond donors (Lipinski definition) is 1. The first kappa shape index (κ1) is 33.5. The molecule has 1 aliphatic heterocycles. The van der Waals surface area contributed by atoms with Gasteiger partial charge in [0.15, 0.2) is 18.0 Å². The number of aliphatic hydroxyl groups excluding tert-OH is 1. The number of hydrogen-bond acceptors (Lipinski definition) is 10. The molecule has 4 aliphatic carbocycles. The van der Waals surface area contributed by atoms with E-state index in [0.29, 0.717) is 12.8 Å². The smallest absolute Gasteiger partial charge is 0.375 e. The van der Waals surface area contributed by atoms with Gasteiger partial charge in [-0.3, -0.25) is 14.4 Å². The number of allylic oxidation sites excluding steroid dienone is 4. The molecule has 5 unspecified atom stereocenters. The maximum atomic E-state index is 14.4. The van der Waals surface area contributed by atoms with Crippen LogP contribution in [0.1, 0.15) is 62.1 Å². The zero-order valence-electron chi connectivity index (χ0n) is 28.6. The number of carbonyl (C=O) groups excluding carboxylic acids is 4. The summed E-state index contributed by atoms with van der Waals surface area (Å²) in [6.45, 7) is 7.36. The van der Waals surface area contributed by atoms with Crippen molar-refractivity contribution in [2.45, 2.75) is 64.1 Å². The number of ketones is 2. The number of ether oxygens (including phenoxy) is 2. The van der Waals surface area contributed by atoms with E-state index in [2.05, 4.69) is 23.8 Å². The Morgan fingerprint density at radius 3 is 2.51 bits per heavy atom. The fraction of sp³-hybridized carbons (Fsp3) is 0.538. The Morgan fingerprint density at radius 2 is 1.80 bits per heavy atom. The predicted molar refractivity (Wildman–Crippen MR) is 181 cm³/mol. The molecule has 49 heavy (non-hydrogen) atoms. The Balaban J connectivity index is 1.09. The molecule has 2 aromatic rings. The van der Waals surface area contributed by atoms with Gasteiger partial charge >= 0.3 is 11.9 Å². The molecule has 2 heterocycles. The van der Waals surface area contributed by atoms with Crippen molar-refractivity contribution in [3.63, 3.8) is 0 Å². The summed E-state index contributed by atoms with van der Waals surface area (Å²) in [5.74, 6) is -2.03. The number of carbonyl (C=O) groups is 4. The molecule has 4 fully saturated rings. The summed E-state index contributed by atoms with van der Waals surface area (Å²) in [5.41, 5.74) is -0.113. The van der Waals surface area contributed by atoms with E-state index in [4.69, 9.17) is 13.9 Å². The summed E-state index contributed by atoms with van der Waals surface area (Å²) in [6.07, 6.45) is 8.33. The lowest BCUT2D eigenvalue weighted by atomic mass is 9.46. The fourth-order valence-electron chi connectivity index (χ4n) is 9.97. The number of anilines is 1. The monoisotopic (exact) mass is 670 g/mol. The molecule has 10 heteroatoms. The highest BCUT2D eigenvalue weighted by Crippen LogP contribution is 2.68. The van der Waals surface area contributed by atoms with Gasteiger partial charge in [0, 0.05) is 48.6 Å². The third-order valence-corrected chi connectivity index (χ3v) is 12.6. The molecule has 5 aliphatic rings. The lowest BCUT2D eigenvalue weighted by Gasteiger charge is -2.59. The molecule has 7 rings (SSSR count). The molecular weight excluding hydrogens is 624 g/mol. The molecule has 260 valence electrons. The van der Waals surface area contributed by atoms with Crippen LogP contribution in [-0.4, -0.2) is 85.1 Å². The van der Waals surface area contributed by atoms with Gasteiger partial charge in [-0.1, -0.05) is 37.6 Å². The van der Waals surface area contributed by atoms with Crippen LogP contribution in [0, 0.1) is 28.6 Å². The van der Waals surface area contributed by atoms with Crippen molar-refractivity contribution < 1.29 is 38.2 Å². The van der Waals surface area contributed by atoms with Crippen molar-refractivity contribution in [2.24, 2.45) is 28.6 Å². The molecule has 1 aromatic carbocycles. The van der Waals surface area contributed by atoms with Crippen molar-refractivity contribution in [1.29, 1.82) is 0 Å². The SMILES string of the molecule is CN1CCN(c2ccc(CC(=O)OCC(=O)[C@@]3(OC(=O)c4ccco4)CCC4C5CCC6=CC(=O)C=CC6(C)C5[C@@H](O)CC43C)cc2)CC1. The molecule has 1 saturated heterocycles. The van der Waals surface area contributed by atoms with Gasteiger partial charge in [0.25, 0.3) is 0 Å². The zero-order chi connectivity index (χ0) is 34.6. The Labute approximate surface area is 287 Å². The number of esters is 2. The van der Waals surface area contributed by atoms with E-state index in [0.717, 1.165) is 49.4 Å². The first-order valence-corrected chi connectivity index (χ1v) is 17.5. The summed E-state index contributed by atoms with van der Waals surface area (Å²) in [7, 11) is 2.11. The number of likely N-dealkylation sites (N-methyl/N-ethyl adjacent to an activating group) is 1. The van der Waals surface area contributed by atoms with Gasteiger partial charge in [0.1, 0.15) is 0 Å². The van der Waals surface area contributed by atoms with E-state index in [1.165, 1.54) is 12.3 Å². The van der Waals surface area contributed by atoms with Crippen LogP contribution in [0.5, 0.6) is 0 Å². The fourth-order valence-corrected chi connectivity index (χ4v) is 9.97. The number of nitrogens with zero attached hydrogens (tertiary/aromatic N) is 2. The van der Waals surface area contributed by atoms with E-state index >= 15 is 0 Å². The van der Waals surface area contributed by atoms with Crippen LogP contribution in [0.25, 0.3) is 0 Å². The third kappa shape index (κ3) is 5.76. The second-order valence-electron chi connectivity index (χ2n) is 15.2. The van der Waals surface area contributed by atoms with E-state index in [1.807, 2.05) is 37.3 Å². The maximum absolute atomic E-state index is 14.4. The van der Waals surface area contributed by atoms with Gasteiger partial charge in [-0.05, 0) is 93.0 Å². The number of aliphatic hydroxyl groups is 1. The average molecular weight is 671 g/mol. The number of Topliss-reactive ketones (excluding diaryl/α,β-unsaturated/α-hetero) is 1. The van der Waals surface area contributed by atoms with Gasteiger partial charge in [0.05, 0.1) is 18.8 Å². The lowest BCUT2D eigenvalue weighted by Crippen LogP contribution is -2.63. The highest BCUT2D eigenvalue weighted by atomic mass is 16.6. The van der Waals surface area contributed by atoms with Crippen molar-refractivity contribution >= 4 is 29.2 Å². The molecular formula is C39H46N2O8. The van der Waals surface area contributed by atoms with Crippen LogP contribution < -0.4 is 4.90 Å². The average Bonchev–Trinajstić information content (AvgIpc) is 3.72. The van der Waals surface area contributed by atoms with Gasteiger partial charge in [-0.15, -0.1) is 0 Å². The van der Waals surface area contributed by atoms with Crippen LogP contribution in [0.3, 0.4) is 0 Å². The Kier molecular flexibility index (Phi) is 8.68. The van der Waals surface area contributed by atoms with Gasteiger partial charge in [0.2, 0.25) is 11.5 Å². The normalized spacial score (nSPS) is 34.0. The Hall–Kier alpha value is -4.02. The molecule has 1 N–H and O–H groups in total. The number of piperazine rings is 1.